The van der Waals surface area contributed by atoms with Crippen molar-refractivity contribution in [1.29, 1.82) is 0 Å². The van der Waals surface area contributed by atoms with Crippen LogP contribution in [-0.4, -0.2) is 12.2 Å². The average molecular weight is 405 g/mol. The highest BCUT2D eigenvalue weighted by molar-refractivity contribution is 5.84. The molecule has 0 aliphatic carbocycles. The molecule has 0 radical (unpaired) electrons. The van der Waals surface area contributed by atoms with Crippen LogP contribution < -0.4 is 10.2 Å². The monoisotopic (exact) mass is 404 g/mol. The first-order valence-electron chi connectivity index (χ1n) is 10.1. The Kier molecular flexibility index (Phi) is 6.78. The summed E-state index contributed by atoms with van der Waals surface area (Å²) in [5.74, 6) is 1.33. The molecule has 3 rings (SSSR count). The lowest BCUT2D eigenvalue weighted by Gasteiger charge is -2.11. The van der Waals surface area contributed by atoms with E-state index in [0.717, 1.165) is 24.0 Å². The summed E-state index contributed by atoms with van der Waals surface area (Å²) in [6, 6.07) is 11.7. The highest BCUT2D eigenvalue weighted by Crippen LogP contribution is 2.31. The Labute approximate surface area is 177 Å². The van der Waals surface area contributed by atoms with Gasteiger partial charge in [0.05, 0.1) is 12.5 Å². The average Bonchev–Trinajstić information content (AvgIpc) is 2.72. The molecule has 0 saturated carbocycles. The van der Waals surface area contributed by atoms with Gasteiger partial charge in [0.1, 0.15) is 22.8 Å². The van der Waals surface area contributed by atoms with Crippen LogP contribution in [0.5, 0.6) is 11.5 Å². The number of fused-ring (bicyclic) bond motifs is 1. The van der Waals surface area contributed by atoms with Crippen LogP contribution in [0.4, 0.5) is 0 Å². The SMILES string of the molecule is COc1ccc2c(=O)cc(-c3ccc(O)cc3)oc2c1C/C=C(\C)CCC=C(C)C. The van der Waals surface area contributed by atoms with Crippen LogP contribution >= 0.6 is 0 Å². The summed E-state index contributed by atoms with van der Waals surface area (Å²) in [7, 11) is 1.62. The summed E-state index contributed by atoms with van der Waals surface area (Å²) >= 11 is 0. The number of phenols is 1. The molecule has 0 aliphatic rings. The van der Waals surface area contributed by atoms with Crippen molar-refractivity contribution in [1.82, 2.24) is 0 Å². The molecular formula is C26H28O4. The number of aromatic hydroxyl groups is 1. The molecule has 0 fully saturated rings. The first-order chi connectivity index (χ1) is 14.4. The third kappa shape index (κ3) is 5.01. The number of ether oxygens (including phenoxy) is 1. The number of hydrogen-bond acceptors (Lipinski definition) is 4. The molecule has 0 bridgehead atoms. The van der Waals surface area contributed by atoms with Gasteiger partial charge in [0.25, 0.3) is 0 Å². The Morgan fingerprint density at radius 1 is 1.07 bits per heavy atom. The van der Waals surface area contributed by atoms with Crippen molar-refractivity contribution >= 4 is 11.0 Å². The molecular weight excluding hydrogens is 376 g/mol. The van der Waals surface area contributed by atoms with Crippen molar-refractivity contribution < 1.29 is 14.3 Å². The molecule has 30 heavy (non-hydrogen) atoms. The van der Waals surface area contributed by atoms with Crippen molar-refractivity contribution in [3.8, 4) is 22.8 Å². The van der Waals surface area contributed by atoms with Gasteiger partial charge in [-0.2, -0.15) is 0 Å². The van der Waals surface area contributed by atoms with Gasteiger partial charge in [-0.3, -0.25) is 4.79 Å². The highest BCUT2D eigenvalue weighted by atomic mass is 16.5. The van der Waals surface area contributed by atoms with E-state index in [1.54, 1.807) is 37.4 Å². The van der Waals surface area contributed by atoms with Gasteiger partial charge >= 0.3 is 0 Å². The fourth-order valence-electron chi connectivity index (χ4n) is 3.38. The maximum absolute atomic E-state index is 12.8. The van der Waals surface area contributed by atoms with E-state index in [1.807, 2.05) is 6.07 Å². The van der Waals surface area contributed by atoms with E-state index >= 15 is 0 Å². The Hall–Kier alpha value is -3.27. The minimum absolute atomic E-state index is 0.104. The molecule has 1 aromatic heterocycles. The minimum atomic E-state index is -0.104. The molecule has 3 aromatic rings. The second-order valence-corrected chi connectivity index (χ2v) is 7.72. The molecule has 2 aromatic carbocycles. The maximum atomic E-state index is 12.8. The van der Waals surface area contributed by atoms with Crippen LogP contribution in [-0.2, 0) is 6.42 Å². The predicted octanol–water partition coefficient (Wildman–Crippen LogP) is 6.41. The smallest absolute Gasteiger partial charge is 0.193 e. The van der Waals surface area contributed by atoms with Gasteiger partial charge in [-0.25, -0.2) is 0 Å². The van der Waals surface area contributed by atoms with Gasteiger partial charge in [-0.15, -0.1) is 0 Å². The number of hydrogen-bond donors (Lipinski definition) is 1. The molecule has 0 aliphatic heterocycles. The number of methoxy groups -OCH3 is 1. The van der Waals surface area contributed by atoms with E-state index in [1.165, 1.54) is 17.2 Å². The van der Waals surface area contributed by atoms with Crippen molar-refractivity contribution in [2.45, 2.75) is 40.0 Å². The summed E-state index contributed by atoms with van der Waals surface area (Å²) in [5, 5.41) is 10.1. The van der Waals surface area contributed by atoms with Gasteiger partial charge in [0, 0.05) is 17.2 Å². The van der Waals surface area contributed by atoms with Crippen molar-refractivity contribution in [2.24, 2.45) is 0 Å². The largest absolute Gasteiger partial charge is 0.508 e. The molecule has 0 spiro atoms. The number of rotatable bonds is 7. The standard InChI is InChI=1S/C26H28O4/c1-17(2)6-5-7-18(3)8-13-22-24(29-4)15-14-21-23(28)16-25(30-26(21)22)19-9-11-20(27)12-10-19/h6,8-12,14-16,27H,5,7,13H2,1-4H3/b18-8+. The Balaban J connectivity index is 2.04. The van der Waals surface area contributed by atoms with E-state index in [9.17, 15) is 9.90 Å². The van der Waals surface area contributed by atoms with Crippen molar-refractivity contribution in [2.75, 3.05) is 7.11 Å². The van der Waals surface area contributed by atoms with E-state index in [0.29, 0.717) is 28.9 Å². The van der Waals surface area contributed by atoms with Crippen molar-refractivity contribution in [3.63, 3.8) is 0 Å². The zero-order valence-electron chi connectivity index (χ0n) is 18.0. The molecule has 156 valence electrons. The van der Waals surface area contributed by atoms with Crippen LogP contribution in [0.2, 0.25) is 0 Å². The fourth-order valence-corrected chi connectivity index (χ4v) is 3.38. The lowest BCUT2D eigenvalue weighted by atomic mass is 10.0. The Morgan fingerprint density at radius 2 is 1.80 bits per heavy atom. The summed E-state index contributed by atoms with van der Waals surface area (Å²) in [6.07, 6.45) is 7.02. The molecule has 1 heterocycles. The number of allylic oxidation sites excluding steroid dienone is 4. The van der Waals surface area contributed by atoms with Crippen LogP contribution in [0.3, 0.4) is 0 Å². The van der Waals surface area contributed by atoms with Gasteiger partial charge < -0.3 is 14.3 Å². The summed E-state index contributed by atoms with van der Waals surface area (Å²) in [4.78, 5) is 12.8. The van der Waals surface area contributed by atoms with Crippen LogP contribution in [0.15, 0.2) is 75.0 Å². The van der Waals surface area contributed by atoms with E-state index in [4.69, 9.17) is 9.15 Å². The Morgan fingerprint density at radius 3 is 2.47 bits per heavy atom. The van der Waals surface area contributed by atoms with Crippen LogP contribution in [0.25, 0.3) is 22.3 Å². The summed E-state index contributed by atoms with van der Waals surface area (Å²) < 4.78 is 11.8. The zero-order valence-corrected chi connectivity index (χ0v) is 18.0. The third-order valence-electron chi connectivity index (χ3n) is 5.07. The summed E-state index contributed by atoms with van der Waals surface area (Å²) in [6.45, 7) is 6.33. The van der Waals surface area contributed by atoms with Crippen LogP contribution in [0.1, 0.15) is 39.2 Å². The number of phenolic OH excluding ortho intramolecular Hbond substituents is 1. The van der Waals surface area contributed by atoms with E-state index in [-0.39, 0.29) is 11.2 Å². The van der Waals surface area contributed by atoms with E-state index in [2.05, 4.69) is 32.9 Å². The molecule has 0 atom stereocenters. The Bertz CT molecular complexity index is 1140. The van der Waals surface area contributed by atoms with E-state index < -0.39 is 0 Å². The van der Waals surface area contributed by atoms with Crippen molar-refractivity contribution in [3.05, 3.63) is 81.5 Å². The lowest BCUT2D eigenvalue weighted by Crippen LogP contribution is -2.03. The highest BCUT2D eigenvalue weighted by Gasteiger charge is 2.14. The minimum Gasteiger partial charge on any atom is -0.508 e. The fraction of sp³-hybridized carbons (Fsp3) is 0.269. The first-order valence-corrected chi connectivity index (χ1v) is 10.1. The molecule has 0 saturated heterocycles. The third-order valence-corrected chi connectivity index (χ3v) is 5.07. The molecule has 4 heteroatoms. The van der Waals surface area contributed by atoms with Gasteiger partial charge in [0.15, 0.2) is 5.43 Å². The quantitative estimate of drug-likeness (QED) is 0.462. The molecule has 0 unspecified atom stereocenters. The van der Waals surface area contributed by atoms with Gasteiger partial charge in [-0.1, -0.05) is 23.3 Å². The topological polar surface area (TPSA) is 59.7 Å². The summed E-state index contributed by atoms with van der Waals surface area (Å²) in [5.41, 5.74) is 4.62. The second kappa shape index (κ2) is 9.49. The molecule has 4 nitrogen and oxygen atoms in total. The normalized spacial score (nSPS) is 11.5. The zero-order chi connectivity index (χ0) is 21.7. The second-order valence-electron chi connectivity index (χ2n) is 7.72. The van der Waals surface area contributed by atoms with Gasteiger partial charge in [-0.05, 0) is 76.4 Å². The maximum Gasteiger partial charge on any atom is 0.193 e. The predicted molar refractivity (Wildman–Crippen MR) is 122 cm³/mol. The van der Waals surface area contributed by atoms with Crippen LogP contribution in [0, 0.1) is 0 Å². The lowest BCUT2D eigenvalue weighted by molar-refractivity contribution is 0.410. The number of benzene rings is 2. The molecule has 1 N–H and O–H groups in total. The molecule has 0 amide bonds. The van der Waals surface area contributed by atoms with Gasteiger partial charge in [0.2, 0.25) is 0 Å². The first kappa shape index (κ1) is 21.4.